The van der Waals surface area contributed by atoms with Gasteiger partial charge in [0.25, 0.3) is 5.91 Å². The van der Waals surface area contributed by atoms with E-state index in [2.05, 4.69) is 15.0 Å². The highest BCUT2D eigenvalue weighted by atomic mass is 32.1. The van der Waals surface area contributed by atoms with Crippen molar-refractivity contribution in [1.29, 1.82) is 0 Å². The van der Waals surface area contributed by atoms with Crippen LogP contribution in [0, 0.1) is 0 Å². The Morgan fingerprint density at radius 3 is 2.95 bits per heavy atom. The van der Waals surface area contributed by atoms with Gasteiger partial charge in [0.15, 0.2) is 5.13 Å². The normalized spacial score (nSPS) is 10.2. The summed E-state index contributed by atoms with van der Waals surface area (Å²) in [4.78, 5) is 27.2. The van der Waals surface area contributed by atoms with Gasteiger partial charge in [-0.3, -0.25) is 14.9 Å². The fourth-order valence-corrected chi connectivity index (χ4v) is 2.23. The van der Waals surface area contributed by atoms with Crippen LogP contribution in [0.4, 0.5) is 5.13 Å². The van der Waals surface area contributed by atoms with Gasteiger partial charge in [0, 0.05) is 18.6 Å². The van der Waals surface area contributed by atoms with Crippen molar-refractivity contribution in [3.63, 3.8) is 0 Å². The Bertz CT molecular complexity index is 603. The molecule has 2 aromatic heterocycles. The highest BCUT2D eigenvalue weighted by Gasteiger charge is 2.12. The van der Waals surface area contributed by atoms with Crippen molar-refractivity contribution in [1.82, 2.24) is 9.55 Å². The van der Waals surface area contributed by atoms with Gasteiger partial charge in [0.05, 0.1) is 19.2 Å². The van der Waals surface area contributed by atoms with Crippen LogP contribution in [0.3, 0.4) is 0 Å². The van der Waals surface area contributed by atoms with Crippen LogP contribution < -0.4 is 5.32 Å². The average Bonchev–Trinajstić information content (AvgIpc) is 2.98. The fraction of sp³-hybridized carbons (Fsp3) is 0.250. The van der Waals surface area contributed by atoms with E-state index in [0.717, 1.165) is 0 Å². The van der Waals surface area contributed by atoms with Crippen molar-refractivity contribution >= 4 is 28.3 Å². The molecule has 0 saturated heterocycles. The van der Waals surface area contributed by atoms with E-state index >= 15 is 0 Å². The number of carbonyl (C=O) groups is 2. The molecule has 0 atom stereocenters. The first-order valence-corrected chi connectivity index (χ1v) is 6.42. The summed E-state index contributed by atoms with van der Waals surface area (Å²) in [7, 11) is 3.12. The molecule has 1 N–H and O–H groups in total. The summed E-state index contributed by atoms with van der Waals surface area (Å²) in [6.45, 7) is 0. The van der Waals surface area contributed by atoms with Crippen LogP contribution in [0.25, 0.3) is 0 Å². The SMILES string of the molecule is COC(=O)Cc1csc(NC(=O)c2cccn2C)n1. The summed E-state index contributed by atoms with van der Waals surface area (Å²) in [5, 5.41) is 4.88. The molecule has 0 unspecified atom stereocenters. The van der Waals surface area contributed by atoms with Crippen molar-refractivity contribution in [2.75, 3.05) is 12.4 Å². The lowest BCUT2D eigenvalue weighted by molar-refractivity contribution is -0.139. The predicted octanol–water partition coefficient (Wildman–Crippen LogP) is 1.45. The summed E-state index contributed by atoms with van der Waals surface area (Å²) in [5.41, 5.74) is 1.13. The van der Waals surface area contributed by atoms with Crippen LogP contribution in [0.1, 0.15) is 16.2 Å². The van der Waals surface area contributed by atoms with E-state index in [-0.39, 0.29) is 18.3 Å². The Morgan fingerprint density at radius 2 is 2.32 bits per heavy atom. The minimum atomic E-state index is -0.356. The molecular weight excluding hydrogens is 266 g/mol. The molecule has 0 aliphatic carbocycles. The molecule has 0 spiro atoms. The van der Waals surface area contributed by atoms with Crippen molar-refractivity contribution in [2.24, 2.45) is 7.05 Å². The Hall–Kier alpha value is -2.15. The lowest BCUT2D eigenvalue weighted by Gasteiger charge is -2.02. The molecule has 19 heavy (non-hydrogen) atoms. The number of nitrogens with one attached hydrogen (secondary N) is 1. The maximum atomic E-state index is 11.9. The Balaban J connectivity index is 2.02. The molecule has 1 amide bonds. The molecule has 0 aliphatic heterocycles. The molecule has 2 aromatic rings. The average molecular weight is 279 g/mol. The first kappa shape index (κ1) is 13.3. The summed E-state index contributed by atoms with van der Waals surface area (Å²) < 4.78 is 6.27. The molecule has 0 bridgehead atoms. The molecule has 2 heterocycles. The Morgan fingerprint density at radius 1 is 1.53 bits per heavy atom. The number of rotatable bonds is 4. The third-order valence-electron chi connectivity index (χ3n) is 2.50. The van der Waals surface area contributed by atoms with Gasteiger partial charge in [-0.05, 0) is 12.1 Å². The maximum absolute atomic E-state index is 11.9. The Kier molecular flexibility index (Phi) is 3.96. The molecular formula is C12H13N3O3S. The number of methoxy groups -OCH3 is 1. The maximum Gasteiger partial charge on any atom is 0.311 e. The Labute approximate surface area is 114 Å². The number of hydrogen-bond acceptors (Lipinski definition) is 5. The number of nitrogens with zero attached hydrogens (tertiary/aromatic N) is 2. The standard InChI is InChI=1S/C12H13N3O3S/c1-15-5-3-4-9(15)11(17)14-12-13-8(7-19-12)6-10(16)18-2/h3-5,7H,6H2,1-2H3,(H,13,14,17). The summed E-state index contributed by atoms with van der Waals surface area (Å²) >= 11 is 1.27. The van der Waals surface area contributed by atoms with Crippen molar-refractivity contribution in [2.45, 2.75) is 6.42 Å². The van der Waals surface area contributed by atoms with Crippen LogP contribution in [0.2, 0.25) is 0 Å². The van der Waals surface area contributed by atoms with E-state index in [1.165, 1.54) is 18.4 Å². The molecule has 0 saturated carbocycles. The van der Waals surface area contributed by atoms with E-state index in [9.17, 15) is 9.59 Å². The number of thiazole rings is 1. The van der Waals surface area contributed by atoms with Gasteiger partial charge >= 0.3 is 5.97 Å². The zero-order valence-corrected chi connectivity index (χ0v) is 11.4. The highest BCUT2D eigenvalue weighted by Crippen LogP contribution is 2.17. The van der Waals surface area contributed by atoms with Crippen LogP contribution >= 0.6 is 11.3 Å². The van der Waals surface area contributed by atoms with Crippen molar-refractivity contribution in [3.8, 4) is 0 Å². The molecule has 100 valence electrons. The van der Waals surface area contributed by atoms with Crippen LogP contribution in [0.15, 0.2) is 23.7 Å². The topological polar surface area (TPSA) is 73.2 Å². The second-order valence-corrected chi connectivity index (χ2v) is 4.71. The number of esters is 1. The van der Waals surface area contributed by atoms with E-state index in [0.29, 0.717) is 16.5 Å². The summed E-state index contributed by atoms with van der Waals surface area (Å²) in [5.74, 6) is -0.586. The fourth-order valence-electron chi connectivity index (χ4n) is 1.52. The minimum absolute atomic E-state index is 0.104. The van der Waals surface area contributed by atoms with E-state index in [1.807, 2.05) is 0 Å². The van der Waals surface area contributed by atoms with Crippen LogP contribution in [-0.2, 0) is 23.0 Å². The number of ether oxygens (including phenoxy) is 1. The quantitative estimate of drug-likeness (QED) is 0.860. The summed E-state index contributed by atoms with van der Waals surface area (Å²) in [6.07, 6.45) is 1.90. The van der Waals surface area contributed by atoms with Crippen LogP contribution in [-0.4, -0.2) is 28.5 Å². The number of aromatic nitrogens is 2. The largest absolute Gasteiger partial charge is 0.469 e. The second-order valence-electron chi connectivity index (χ2n) is 3.86. The van der Waals surface area contributed by atoms with E-state index in [4.69, 9.17) is 0 Å². The van der Waals surface area contributed by atoms with Gasteiger partial charge in [-0.15, -0.1) is 11.3 Å². The lowest BCUT2D eigenvalue weighted by Crippen LogP contribution is -2.15. The number of hydrogen-bond donors (Lipinski definition) is 1. The molecule has 0 radical (unpaired) electrons. The lowest BCUT2D eigenvalue weighted by atomic mass is 10.3. The van der Waals surface area contributed by atoms with Gasteiger partial charge < -0.3 is 9.30 Å². The van der Waals surface area contributed by atoms with Gasteiger partial charge in [-0.2, -0.15) is 0 Å². The van der Waals surface area contributed by atoms with Gasteiger partial charge in [-0.25, -0.2) is 4.98 Å². The zero-order chi connectivity index (χ0) is 13.8. The van der Waals surface area contributed by atoms with Crippen molar-refractivity contribution < 1.29 is 14.3 Å². The number of carbonyl (C=O) groups excluding carboxylic acids is 2. The first-order chi connectivity index (χ1) is 9.10. The van der Waals surface area contributed by atoms with E-state index < -0.39 is 0 Å². The predicted molar refractivity (Wildman–Crippen MR) is 71.2 cm³/mol. The monoisotopic (exact) mass is 279 g/mol. The van der Waals surface area contributed by atoms with Crippen molar-refractivity contribution in [3.05, 3.63) is 35.1 Å². The van der Waals surface area contributed by atoms with Gasteiger partial charge in [0.1, 0.15) is 5.69 Å². The molecule has 0 fully saturated rings. The number of aryl methyl sites for hydroxylation is 1. The smallest absolute Gasteiger partial charge is 0.311 e. The van der Waals surface area contributed by atoms with Gasteiger partial charge in [-0.1, -0.05) is 0 Å². The molecule has 0 aliphatic rings. The molecule has 6 nitrogen and oxygen atoms in total. The minimum Gasteiger partial charge on any atom is -0.469 e. The number of anilines is 1. The zero-order valence-electron chi connectivity index (χ0n) is 10.5. The molecule has 2 rings (SSSR count). The van der Waals surface area contributed by atoms with E-state index in [1.54, 1.807) is 35.3 Å². The first-order valence-electron chi connectivity index (χ1n) is 5.54. The third-order valence-corrected chi connectivity index (χ3v) is 3.31. The summed E-state index contributed by atoms with van der Waals surface area (Å²) in [6, 6.07) is 3.51. The second kappa shape index (κ2) is 5.66. The van der Waals surface area contributed by atoms with Crippen LogP contribution in [0.5, 0.6) is 0 Å². The molecule has 0 aromatic carbocycles. The highest BCUT2D eigenvalue weighted by molar-refractivity contribution is 7.14. The molecule has 7 heteroatoms. The third kappa shape index (κ3) is 3.19. The van der Waals surface area contributed by atoms with Gasteiger partial charge in [0.2, 0.25) is 0 Å². The number of amides is 1.